The van der Waals surface area contributed by atoms with Crippen molar-refractivity contribution in [3.8, 4) is 0 Å². The Morgan fingerprint density at radius 3 is 2.58 bits per heavy atom. The maximum atomic E-state index is 14.6. The zero-order chi connectivity index (χ0) is 17.9. The number of nitrogens with zero attached hydrogens (tertiary/aromatic N) is 1. The minimum absolute atomic E-state index is 0.0659. The quantitative estimate of drug-likeness (QED) is 0.879. The highest BCUT2D eigenvalue weighted by Crippen LogP contribution is 2.27. The van der Waals surface area contributed by atoms with Crippen molar-refractivity contribution in [2.75, 3.05) is 18.4 Å². The molecule has 1 aromatic rings. The largest absolute Gasteiger partial charge is 0.444 e. The third kappa shape index (κ3) is 4.86. The second-order valence-corrected chi connectivity index (χ2v) is 7.72. The second kappa shape index (κ2) is 7.41. The van der Waals surface area contributed by atoms with Gasteiger partial charge < -0.3 is 15.0 Å². The summed E-state index contributed by atoms with van der Waals surface area (Å²) in [6, 6.07) is 7.72. The normalized spacial score (nSPS) is 21.7. The molecule has 0 spiro atoms. The van der Waals surface area contributed by atoms with Crippen LogP contribution in [-0.4, -0.2) is 41.9 Å². The van der Waals surface area contributed by atoms with Crippen molar-refractivity contribution in [1.29, 1.82) is 0 Å². The highest BCUT2D eigenvalue weighted by Gasteiger charge is 2.33. The summed E-state index contributed by atoms with van der Waals surface area (Å²) >= 11 is 0. The molecule has 1 heterocycles. The van der Waals surface area contributed by atoms with Crippen molar-refractivity contribution in [1.82, 2.24) is 4.90 Å². The SMILES string of the molecule is CC(C)c1ccccc1N[C@@H]1CCN(C(=O)OC(C)(C)C)C[C@@H]1F. The molecular formula is C19H29FN2O2. The van der Waals surface area contributed by atoms with Crippen molar-refractivity contribution >= 4 is 11.8 Å². The third-order valence-electron chi connectivity index (χ3n) is 4.12. The molecule has 0 bridgehead atoms. The van der Waals surface area contributed by atoms with Gasteiger partial charge >= 0.3 is 6.09 Å². The minimum Gasteiger partial charge on any atom is -0.444 e. The number of ether oxygens (including phenoxy) is 1. The molecule has 24 heavy (non-hydrogen) atoms. The van der Waals surface area contributed by atoms with Gasteiger partial charge in [-0.2, -0.15) is 0 Å². The Balaban J connectivity index is 1.98. The van der Waals surface area contributed by atoms with Gasteiger partial charge in [-0.15, -0.1) is 0 Å². The molecule has 2 rings (SSSR count). The number of para-hydroxylation sites is 1. The molecule has 0 unspecified atom stereocenters. The second-order valence-electron chi connectivity index (χ2n) is 7.72. The standard InChI is InChI=1S/C19H29FN2O2/c1-13(2)14-8-6-7-9-16(14)21-17-10-11-22(12-15(17)20)18(23)24-19(3,4)5/h6-9,13,15,17,21H,10-12H2,1-5H3/t15-,17+/m0/s1. The van der Waals surface area contributed by atoms with E-state index in [-0.39, 0.29) is 12.6 Å². The first-order valence-corrected chi connectivity index (χ1v) is 8.65. The van der Waals surface area contributed by atoms with Crippen molar-refractivity contribution < 1.29 is 13.9 Å². The van der Waals surface area contributed by atoms with Crippen LogP contribution < -0.4 is 5.32 Å². The van der Waals surface area contributed by atoms with Crippen LogP contribution >= 0.6 is 0 Å². The van der Waals surface area contributed by atoms with E-state index in [1.165, 1.54) is 10.5 Å². The smallest absolute Gasteiger partial charge is 0.410 e. The highest BCUT2D eigenvalue weighted by molar-refractivity contribution is 5.68. The average Bonchev–Trinajstić information content (AvgIpc) is 2.47. The fourth-order valence-electron chi connectivity index (χ4n) is 2.89. The Kier molecular flexibility index (Phi) is 5.73. The topological polar surface area (TPSA) is 41.6 Å². The molecular weight excluding hydrogens is 307 g/mol. The molecule has 1 N–H and O–H groups in total. The molecule has 0 aromatic heterocycles. The molecule has 2 atom stereocenters. The van der Waals surface area contributed by atoms with Gasteiger partial charge in [0.1, 0.15) is 11.8 Å². The number of amides is 1. The summed E-state index contributed by atoms with van der Waals surface area (Å²) in [6.07, 6.45) is -0.995. The summed E-state index contributed by atoms with van der Waals surface area (Å²) in [5.74, 6) is 0.369. The Hall–Kier alpha value is -1.78. The van der Waals surface area contributed by atoms with E-state index < -0.39 is 17.9 Å². The summed E-state index contributed by atoms with van der Waals surface area (Å²) < 4.78 is 19.9. The van der Waals surface area contributed by atoms with Gasteiger partial charge in [0.25, 0.3) is 0 Å². The van der Waals surface area contributed by atoms with Crippen LogP contribution in [0.1, 0.15) is 52.5 Å². The summed E-state index contributed by atoms with van der Waals surface area (Å²) in [5.41, 5.74) is 1.60. The van der Waals surface area contributed by atoms with Crippen molar-refractivity contribution in [3.05, 3.63) is 29.8 Å². The van der Waals surface area contributed by atoms with Crippen LogP contribution in [0, 0.1) is 0 Å². The van der Waals surface area contributed by atoms with Crippen LogP contribution in [0.5, 0.6) is 0 Å². The lowest BCUT2D eigenvalue weighted by atomic mass is 9.98. The summed E-state index contributed by atoms with van der Waals surface area (Å²) in [5, 5.41) is 3.33. The number of carbonyl (C=O) groups excluding carboxylic acids is 1. The van der Waals surface area contributed by atoms with Crippen molar-refractivity contribution in [2.24, 2.45) is 0 Å². The van der Waals surface area contributed by atoms with Gasteiger partial charge in [0.05, 0.1) is 12.6 Å². The fourth-order valence-corrected chi connectivity index (χ4v) is 2.89. The molecule has 4 nitrogen and oxygen atoms in total. The molecule has 1 aliphatic rings. The van der Waals surface area contributed by atoms with Gasteiger partial charge in [-0.05, 0) is 44.7 Å². The van der Waals surface area contributed by atoms with Crippen LogP contribution in [0.25, 0.3) is 0 Å². The van der Waals surface area contributed by atoms with E-state index in [0.717, 1.165) is 5.69 Å². The molecule has 134 valence electrons. The first-order chi connectivity index (χ1) is 11.2. The summed E-state index contributed by atoms with van der Waals surface area (Å²) in [7, 11) is 0. The van der Waals surface area contributed by atoms with E-state index in [9.17, 15) is 9.18 Å². The first-order valence-electron chi connectivity index (χ1n) is 8.65. The Morgan fingerprint density at radius 1 is 1.33 bits per heavy atom. The first kappa shape index (κ1) is 18.6. The average molecular weight is 336 g/mol. The number of benzene rings is 1. The van der Waals surface area contributed by atoms with Gasteiger partial charge in [-0.3, -0.25) is 0 Å². The number of carbonyl (C=O) groups is 1. The van der Waals surface area contributed by atoms with Crippen molar-refractivity contribution in [3.63, 3.8) is 0 Å². The van der Waals surface area contributed by atoms with E-state index in [2.05, 4.69) is 25.2 Å². The summed E-state index contributed by atoms with van der Waals surface area (Å²) in [6.45, 7) is 10.3. The zero-order valence-electron chi connectivity index (χ0n) is 15.3. The molecule has 1 aliphatic heterocycles. The van der Waals surface area contributed by atoms with E-state index in [0.29, 0.717) is 18.9 Å². The predicted octanol–water partition coefficient (Wildman–Crippen LogP) is 4.57. The molecule has 0 radical (unpaired) electrons. The third-order valence-corrected chi connectivity index (χ3v) is 4.12. The van der Waals surface area contributed by atoms with Crippen LogP contribution in [0.3, 0.4) is 0 Å². The predicted molar refractivity (Wildman–Crippen MR) is 95.3 cm³/mol. The number of alkyl halides is 1. The number of likely N-dealkylation sites (tertiary alicyclic amines) is 1. The van der Waals surface area contributed by atoms with Gasteiger partial charge in [0.15, 0.2) is 0 Å². The number of rotatable bonds is 3. The van der Waals surface area contributed by atoms with Gasteiger partial charge in [-0.25, -0.2) is 9.18 Å². The molecule has 1 fully saturated rings. The number of nitrogens with one attached hydrogen (secondary N) is 1. The maximum absolute atomic E-state index is 14.6. The van der Waals surface area contributed by atoms with E-state index in [1.54, 1.807) is 0 Å². The Labute approximate surface area is 144 Å². The summed E-state index contributed by atoms with van der Waals surface area (Å²) in [4.78, 5) is 13.5. The number of piperidine rings is 1. The lowest BCUT2D eigenvalue weighted by molar-refractivity contribution is 0.0125. The lowest BCUT2D eigenvalue weighted by Crippen LogP contribution is -2.51. The minimum atomic E-state index is -1.12. The van der Waals surface area contributed by atoms with Gasteiger partial charge in [0.2, 0.25) is 0 Å². The lowest BCUT2D eigenvalue weighted by Gasteiger charge is -2.36. The monoisotopic (exact) mass is 336 g/mol. The van der Waals surface area contributed by atoms with E-state index in [4.69, 9.17) is 4.74 Å². The van der Waals surface area contributed by atoms with Crippen molar-refractivity contribution in [2.45, 2.75) is 64.8 Å². The molecule has 1 aromatic carbocycles. The molecule has 0 aliphatic carbocycles. The Bertz CT molecular complexity index is 569. The van der Waals surface area contributed by atoms with Crippen LogP contribution in [0.15, 0.2) is 24.3 Å². The van der Waals surface area contributed by atoms with Crippen LogP contribution in [0.2, 0.25) is 0 Å². The zero-order valence-corrected chi connectivity index (χ0v) is 15.3. The van der Waals surface area contributed by atoms with Gasteiger partial charge in [-0.1, -0.05) is 32.0 Å². The number of hydrogen-bond acceptors (Lipinski definition) is 3. The van der Waals surface area contributed by atoms with Gasteiger partial charge in [0, 0.05) is 12.2 Å². The highest BCUT2D eigenvalue weighted by atomic mass is 19.1. The van der Waals surface area contributed by atoms with Crippen LogP contribution in [-0.2, 0) is 4.74 Å². The van der Waals surface area contributed by atoms with E-state index in [1.807, 2.05) is 39.0 Å². The molecule has 1 amide bonds. The fraction of sp³-hybridized carbons (Fsp3) is 0.632. The number of halogens is 1. The molecule has 5 heteroatoms. The molecule has 1 saturated heterocycles. The Morgan fingerprint density at radius 2 is 2.00 bits per heavy atom. The number of anilines is 1. The number of hydrogen-bond donors (Lipinski definition) is 1. The maximum Gasteiger partial charge on any atom is 0.410 e. The molecule has 0 saturated carbocycles. The van der Waals surface area contributed by atoms with E-state index >= 15 is 0 Å². The van der Waals surface area contributed by atoms with Crippen LogP contribution in [0.4, 0.5) is 14.9 Å².